The largest absolute Gasteiger partial charge is 0.477 e. The van der Waals surface area contributed by atoms with Gasteiger partial charge in [-0.05, 0) is 64.2 Å². The summed E-state index contributed by atoms with van der Waals surface area (Å²) in [4.78, 5) is 37.0. The second-order valence-electron chi connectivity index (χ2n) is 15.6. The van der Waals surface area contributed by atoms with Crippen molar-refractivity contribution in [2.75, 3.05) is 47.5 Å². The van der Waals surface area contributed by atoms with E-state index in [4.69, 9.17) is 18.9 Å². The molecule has 1 N–H and O–H groups in total. The summed E-state index contributed by atoms with van der Waals surface area (Å²) in [7, 11) is 5.93. The summed E-state index contributed by atoms with van der Waals surface area (Å²) in [5, 5.41) is 9.61. The maximum atomic E-state index is 12.7. The molecular formula is C48H82NO8+. The van der Waals surface area contributed by atoms with Crippen LogP contribution in [0.4, 0.5) is 0 Å². The summed E-state index contributed by atoms with van der Waals surface area (Å²) in [5.74, 6) is -2.05. The van der Waals surface area contributed by atoms with Gasteiger partial charge in [-0.15, -0.1) is 0 Å². The Bertz CT molecular complexity index is 1160. The van der Waals surface area contributed by atoms with E-state index in [1.54, 1.807) is 0 Å². The van der Waals surface area contributed by atoms with Crippen molar-refractivity contribution in [2.45, 2.75) is 167 Å². The predicted molar refractivity (Wildman–Crippen MR) is 235 cm³/mol. The summed E-state index contributed by atoms with van der Waals surface area (Å²) in [6.45, 7) is 4.68. The van der Waals surface area contributed by atoms with E-state index >= 15 is 0 Å². The van der Waals surface area contributed by atoms with Gasteiger partial charge < -0.3 is 28.5 Å². The van der Waals surface area contributed by atoms with Crippen LogP contribution < -0.4 is 0 Å². The van der Waals surface area contributed by atoms with Crippen LogP contribution in [-0.2, 0) is 33.3 Å². The number of allylic oxidation sites excluding steroid dienone is 12. The molecule has 0 radical (unpaired) electrons. The fraction of sp³-hybridized carbons (Fsp3) is 0.688. The Morgan fingerprint density at radius 1 is 0.544 bits per heavy atom. The van der Waals surface area contributed by atoms with Crippen molar-refractivity contribution in [1.82, 2.24) is 0 Å². The van der Waals surface area contributed by atoms with Crippen LogP contribution in [0.2, 0.25) is 0 Å². The van der Waals surface area contributed by atoms with E-state index in [2.05, 4.69) is 86.8 Å². The Morgan fingerprint density at radius 2 is 1.00 bits per heavy atom. The zero-order chi connectivity index (χ0) is 42.1. The minimum Gasteiger partial charge on any atom is -0.477 e. The average molecular weight is 801 g/mol. The van der Waals surface area contributed by atoms with E-state index in [1.807, 2.05) is 21.1 Å². The van der Waals surface area contributed by atoms with Crippen molar-refractivity contribution in [3.8, 4) is 0 Å². The molecule has 0 saturated carbocycles. The molecule has 0 rings (SSSR count). The Morgan fingerprint density at radius 3 is 1.49 bits per heavy atom. The molecule has 57 heavy (non-hydrogen) atoms. The first-order valence-corrected chi connectivity index (χ1v) is 22.1. The number of rotatable bonds is 39. The molecule has 2 unspecified atom stereocenters. The predicted octanol–water partition coefficient (Wildman–Crippen LogP) is 11.6. The molecule has 0 aromatic rings. The van der Waals surface area contributed by atoms with Crippen LogP contribution in [0.5, 0.6) is 0 Å². The van der Waals surface area contributed by atoms with Gasteiger partial charge in [-0.1, -0.05) is 151 Å². The lowest BCUT2D eigenvalue weighted by Crippen LogP contribution is -2.40. The summed E-state index contributed by atoms with van der Waals surface area (Å²) in [6.07, 6.45) is 45.4. The molecule has 2 atom stereocenters. The van der Waals surface area contributed by atoms with Gasteiger partial charge >= 0.3 is 17.9 Å². The topological polar surface area (TPSA) is 108 Å². The second kappa shape index (κ2) is 39.6. The monoisotopic (exact) mass is 801 g/mol. The highest BCUT2D eigenvalue weighted by atomic mass is 16.7. The number of ether oxygens (including phenoxy) is 4. The van der Waals surface area contributed by atoms with Crippen LogP contribution in [0, 0.1) is 0 Å². The summed E-state index contributed by atoms with van der Waals surface area (Å²) >= 11 is 0. The van der Waals surface area contributed by atoms with Crippen LogP contribution in [0.15, 0.2) is 72.9 Å². The third-order valence-electron chi connectivity index (χ3n) is 8.98. The number of aliphatic carboxylic acids is 1. The minimum atomic E-state index is -1.52. The molecule has 0 bridgehead atoms. The van der Waals surface area contributed by atoms with Crippen LogP contribution in [0.1, 0.15) is 155 Å². The van der Waals surface area contributed by atoms with Crippen molar-refractivity contribution in [2.24, 2.45) is 0 Å². The molecule has 0 spiro atoms. The molecule has 0 aliphatic carbocycles. The van der Waals surface area contributed by atoms with Gasteiger partial charge in [-0.25, -0.2) is 4.79 Å². The summed E-state index contributed by atoms with van der Waals surface area (Å²) < 4.78 is 22.6. The third kappa shape index (κ3) is 40.7. The van der Waals surface area contributed by atoms with E-state index in [0.29, 0.717) is 23.9 Å². The molecule has 0 aromatic heterocycles. The van der Waals surface area contributed by atoms with Gasteiger partial charge in [0, 0.05) is 12.8 Å². The first kappa shape index (κ1) is 53.7. The molecule has 326 valence electrons. The molecule has 0 aliphatic heterocycles. The minimum absolute atomic E-state index is 0.179. The van der Waals surface area contributed by atoms with Gasteiger partial charge in [0.25, 0.3) is 6.29 Å². The van der Waals surface area contributed by atoms with E-state index in [9.17, 15) is 19.5 Å². The van der Waals surface area contributed by atoms with Crippen LogP contribution in [-0.4, -0.2) is 87.4 Å². The van der Waals surface area contributed by atoms with Crippen LogP contribution >= 0.6 is 0 Å². The number of likely N-dealkylation sites (N-methyl/N-ethyl adjacent to an activating group) is 1. The van der Waals surface area contributed by atoms with Crippen molar-refractivity contribution in [3.63, 3.8) is 0 Å². The first-order chi connectivity index (χ1) is 27.6. The Balaban J connectivity index is 4.44. The number of unbranched alkanes of at least 4 members (excludes halogenated alkanes) is 12. The number of nitrogens with zero attached hydrogens (tertiary/aromatic N) is 1. The maximum absolute atomic E-state index is 12.7. The normalized spacial score (nSPS) is 13.6. The van der Waals surface area contributed by atoms with Crippen molar-refractivity contribution >= 4 is 17.9 Å². The van der Waals surface area contributed by atoms with Gasteiger partial charge in [0.1, 0.15) is 13.2 Å². The van der Waals surface area contributed by atoms with Gasteiger partial charge in [0.15, 0.2) is 6.10 Å². The number of hydrogen-bond donors (Lipinski definition) is 1. The van der Waals surface area contributed by atoms with E-state index in [-0.39, 0.29) is 32.2 Å². The number of carboxylic acid groups (broad SMARTS) is 1. The second-order valence-corrected chi connectivity index (χ2v) is 15.6. The lowest BCUT2D eigenvalue weighted by Gasteiger charge is -2.25. The van der Waals surface area contributed by atoms with E-state index in [1.165, 1.54) is 38.5 Å². The Hall–Kier alpha value is -3.27. The zero-order valence-electron chi connectivity index (χ0n) is 36.7. The molecular weight excluding hydrogens is 719 g/mol. The van der Waals surface area contributed by atoms with E-state index < -0.39 is 24.3 Å². The lowest BCUT2D eigenvalue weighted by atomic mass is 10.1. The smallest absolute Gasteiger partial charge is 0.361 e. The number of carboxylic acids is 1. The molecule has 0 aromatic carbocycles. The molecule has 9 nitrogen and oxygen atoms in total. The summed E-state index contributed by atoms with van der Waals surface area (Å²) in [5.41, 5.74) is 0. The fourth-order valence-corrected chi connectivity index (χ4v) is 5.54. The summed E-state index contributed by atoms with van der Waals surface area (Å²) in [6, 6.07) is 0. The van der Waals surface area contributed by atoms with Crippen molar-refractivity contribution < 1.29 is 42.9 Å². The Labute approximate surface area is 347 Å². The number of esters is 2. The number of carbonyl (C=O) groups excluding carboxylic acids is 2. The average Bonchev–Trinajstić information content (AvgIpc) is 3.17. The molecule has 0 aliphatic rings. The quantitative estimate of drug-likeness (QED) is 0.0215. The van der Waals surface area contributed by atoms with Gasteiger partial charge in [-0.2, -0.15) is 0 Å². The third-order valence-corrected chi connectivity index (χ3v) is 8.98. The molecule has 0 heterocycles. The Kier molecular flexibility index (Phi) is 37.3. The highest BCUT2D eigenvalue weighted by Crippen LogP contribution is 2.13. The standard InChI is InChI=1S/C48H81NO8/c1-6-8-10-12-14-16-17-18-19-20-21-22-23-24-25-26-27-28-29-31-33-35-37-39-46(51)57-44(43-56-48(47(52)53)54-41-40-49(3,4)5)42-55-45(50)38-36-34-32-30-15-13-11-9-7-2/h8,10,14,16,18-19,21-22,24-25,27-28,44,48H,6-7,9,11-13,15,17,20,23,26,29-43H2,1-5H3/p+1/b10-8-,16-14-,19-18-,22-21-,25-24-,28-27-. The zero-order valence-corrected chi connectivity index (χ0v) is 36.7. The fourth-order valence-electron chi connectivity index (χ4n) is 5.54. The lowest BCUT2D eigenvalue weighted by molar-refractivity contribution is -0.870. The van der Waals surface area contributed by atoms with Gasteiger partial charge in [0.05, 0.1) is 34.4 Å². The molecule has 0 saturated heterocycles. The highest BCUT2D eigenvalue weighted by Gasteiger charge is 2.25. The van der Waals surface area contributed by atoms with Gasteiger partial charge in [-0.3, -0.25) is 9.59 Å². The highest BCUT2D eigenvalue weighted by molar-refractivity contribution is 5.71. The molecule has 0 amide bonds. The van der Waals surface area contributed by atoms with E-state index in [0.717, 1.165) is 83.5 Å². The molecule has 9 heteroatoms. The van der Waals surface area contributed by atoms with Crippen LogP contribution in [0.25, 0.3) is 0 Å². The van der Waals surface area contributed by atoms with Crippen molar-refractivity contribution in [3.05, 3.63) is 72.9 Å². The SMILES string of the molecule is CC/C=C\C/C=C\C/C=C\C/C=C\C/C=C\C/C=C\CCCCCCC(=O)OC(COC(=O)CCCCCCCCCCC)COC(OCC[N+](C)(C)C)C(=O)O. The van der Waals surface area contributed by atoms with Crippen molar-refractivity contribution in [1.29, 1.82) is 0 Å². The molecule has 0 fully saturated rings. The number of quaternary nitrogens is 1. The van der Waals surface area contributed by atoms with Crippen LogP contribution in [0.3, 0.4) is 0 Å². The first-order valence-electron chi connectivity index (χ1n) is 22.1. The van der Waals surface area contributed by atoms with Gasteiger partial charge in [0.2, 0.25) is 0 Å². The number of hydrogen-bond acceptors (Lipinski definition) is 7. The number of carbonyl (C=O) groups is 3. The maximum Gasteiger partial charge on any atom is 0.361 e.